The first-order valence-corrected chi connectivity index (χ1v) is 4.09. The Bertz CT molecular complexity index is 109. The molecule has 0 aromatic heterocycles. The quantitative estimate of drug-likeness (QED) is 0.616. The molecule has 1 aliphatic heterocycles. The molecule has 4 heteroatoms. The SMILES string of the molecule is CC.O=NN1CCCC1CO. The molecule has 1 aliphatic rings. The molecular weight excluding hydrogens is 144 g/mol. The Morgan fingerprint density at radius 3 is 2.64 bits per heavy atom. The fourth-order valence-corrected chi connectivity index (χ4v) is 1.11. The summed E-state index contributed by atoms with van der Waals surface area (Å²) in [4.78, 5) is 9.94. The Labute approximate surface area is 67.1 Å². The van der Waals surface area contributed by atoms with Crippen LogP contribution in [0, 0.1) is 4.91 Å². The van der Waals surface area contributed by atoms with Gasteiger partial charge in [0.15, 0.2) is 0 Å². The maximum atomic E-state index is 9.94. The molecule has 11 heavy (non-hydrogen) atoms. The average molecular weight is 160 g/mol. The van der Waals surface area contributed by atoms with Gasteiger partial charge in [0.2, 0.25) is 0 Å². The monoisotopic (exact) mass is 160 g/mol. The van der Waals surface area contributed by atoms with Crippen LogP contribution in [-0.2, 0) is 0 Å². The zero-order valence-corrected chi connectivity index (χ0v) is 7.16. The molecule has 0 aromatic rings. The third kappa shape index (κ3) is 2.84. The molecule has 1 rings (SSSR count). The second kappa shape index (κ2) is 6.09. The molecule has 1 atom stereocenters. The minimum absolute atomic E-state index is 0.0116. The van der Waals surface area contributed by atoms with Crippen LogP contribution in [-0.4, -0.2) is 29.3 Å². The van der Waals surface area contributed by atoms with E-state index < -0.39 is 0 Å². The van der Waals surface area contributed by atoms with E-state index >= 15 is 0 Å². The predicted octanol–water partition coefficient (Wildman–Crippen LogP) is 1.15. The van der Waals surface area contributed by atoms with Crippen molar-refractivity contribution in [3.63, 3.8) is 0 Å². The predicted molar refractivity (Wildman–Crippen MR) is 44.0 cm³/mol. The van der Waals surface area contributed by atoms with Gasteiger partial charge >= 0.3 is 0 Å². The first kappa shape index (κ1) is 10.4. The summed E-state index contributed by atoms with van der Waals surface area (Å²) in [5, 5.41) is 12.8. The van der Waals surface area contributed by atoms with E-state index in [2.05, 4.69) is 5.29 Å². The smallest absolute Gasteiger partial charge is 0.0734 e. The van der Waals surface area contributed by atoms with Crippen molar-refractivity contribution in [2.45, 2.75) is 32.7 Å². The van der Waals surface area contributed by atoms with Crippen LogP contribution in [0.3, 0.4) is 0 Å². The van der Waals surface area contributed by atoms with Crippen molar-refractivity contribution in [1.82, 2.24) is 5.01 Å². The van der Waals surface area contributed by atoms with Crippen LogP contribution >= 0.6 is 0 Å². The van der Waals surface area contributed by atoms with Crippen LogP contribution in [0.4, 0.5) is 0 Å². The average Bonchev–Trinajstić information content (AvgIpc) is 2.54. The lowest BCUT2D eigenvalue weighted by molar-refractivity contribution is 0.161. The second-order valence-corrected chi connectivity index (χ2v) is 2.22. The van der Waals surface area contributed by atoms with Crippen LogP contribution < -0.4 is 0 Å². The van der Waals surface area contributed by atoms with Crippen molar-refractivity contribution in [2.75, 3.05) is 13.2 Å². The molecule has 0 aliphatic carbocycles. The van der Waals surface area contributed by atoms with Gasteiger partial charge in [-0.05, 0) is 12.8 Å². The Hall–Kier alpha value is -0.640. The normalized spacial score (nSPS) is 22.5. The fraction of sp³-hybridized carbons (Fsp3) is 1.00. The van der Waals surface area contributed by atoms with Gasteiger partial charge in [-0.15, -0.1) is 4.91 Å². The number of hydrogen-bond acceptors (Lipinski definition) is 3. The van der Waals surface area contributed by atoms with E-state index in [1.54, 1.807) is 0 Å². The number of nitroso groups, excluding NO2 is 1. The number of aliphatic hydroxyl groups is 1. The van der Waals surface area contributed by atoms with Crippen molar-refractivity contribution in [1.29, 1.82) is 0 Å². The van der Waals surface area contributed by atoms with E-state index in [0.717, 1.165) is 12.8 Å². The molecule has 0 radical (unpaired) electrons. The van der Waals surface area contributed by atoms with Crippen LogP contribution in [0.15, 0.2) is 5.29 Å². The third-order valence-corrected chi connectivity index (χ3v) is 1.66. The van der Waals surface area contributed by atoms with Gasteiger partial charge < -0.3 is 5.11 Å². The van der Waals surface area contributed by atoms with Crippen molar-refractivity contribution < 1.29 is 5.11 Å². The standard InChI is InChI=1S/C5H10N2O2.C2H6/c8-4-5-2-1-3-7(5)6-9;1-2/h5,8H,1-4H2;1-2H3. The van der Waals surface area contributed by atoms with Gasteiger partial charge in [0.1, 0.15) is 0 Å². The lowest BCUT2D eigenvalue weighted by atomic mass is 10.2. The molecule has 1 N–H and O–H groups in total. The van der Waals surface area contributed by atoms with Crippen molar-refractivity contribution in [3.8, 4) is 0 Å². The van der Waals surface area contributed by atoms with E-state index in [9.17, 15) is 4.91 Å². The van der Waals surface area contributed by atoms with Gasteiger partial charge in [-0.1, -0.05) is 13.8 Å². The molecule has 4 nitrogen and oxygen atoms in total. The summed E-state index contributed by atoms with van der Waals surface area (Å²) in [7, 11) is 0. The molecule has 1 fully saturated rings. The van der Waals surface area contributed by atoms with E-state index in [1.165, 1.54) is 5.01 Å². The maximum absolute atomic E-state index is 9.94. The minimum Gasteiger partial charge on any atom is -0.394 e. The second-order valence-electron chi connectivity index (χ2n) is 2.22. The molecule has 1 heterocycles. The van der Waals surface area contributed by atoms with Crippen molar-refractivity contribution >= 4 is 0 Å². The van der Waals surface area contributed by atoms with Gasteiger partial charge in [-0.2, -0.15) is 0 Å². The zero-order valence-electron chi connectivity index (χ0n) is 7.16. The van der Waals surface area contributed by atoms with E-state index in [1.807, 2.05) is 13.8 Å². The van der Waals surface area contributed by atoms with Crippen LogP contribution in [0.2, 0.25) is 0 Å². The fourth-order valence-electron chi connectivity index (χ4n) is 1.11. The lowest BCUT2D eigenvalue weighted by Gasteiger charge is -2.13. The topological polar surface area (TPSA) is 52.9 Å². The molecule has 1 unspecified atom stereocenters. The highest BCUT2D eigenvalue weighted by atomic mass is 16.3. The molecule has 0 spiro atoms. The summed E-state index contributed by atoms with van der Waals surface area (Å²) >= 11 is 0. The maximum Gasteiger partial charge on any atom is 0.0734 e. The summed E-state index contributed by atoms with van der Waals surface area (Å²) in [6, 6.07) is -0.0116. The number of nitrogens with zero attached hydrogens (tertiary/aromatic N) is 2. The van der Waals surface area contributed by atoms with Crippen molar-refractivity contribution in [3.05, 3.63) is 4.91 Å². The summed E-state index contributed by atoms with van der Waals surface area (Å²) in [5.74, 6) is 0. The highest BCUT2D eigenvalue weighted by Crippen LogP contribution is 2.15. The first-order chi connectivity index (χ1) is 5.38. The van der Waals surface area contributed by atoms with E-state index in [0.29, 0.717) is 6.54 Å². The zero-order chi connectivity index (χ0) is 8.69. The Morgan fingerprint density at radius 2 is 2.27 bits per heavy atom. The molecule has 0 bridgehead atoms. The molecule has 0 aromatic carbocycles. The Kier molecular flexibility index (Phi) is 5.74. The summed E-state index contributed by atoms with van der Waals surface area (Å²) < 4.78 is 0. The molecular formula is C7H16N2O2. The Balaban J connectivity index is 0.000000461. The van der Waals surface area contributed by atoms with Gasteiger partial charge in [-0.3, -0.25) is 5.01 Å². The summed E-state index contributed by atoms with van der Waals surface area (Å²) in [5.41, 5.74) is 0. The number of rotatable bonds is 2. The summed E-state index contributed by atoms with van der Waals surface area (Å²) in [6.07, 6.45) is 1.86. The van der Waals surface area contributed by atoms with Gasteiger partial charge in [0.25, 0.3) is 0 Å². The van der Waals surface area contributed by atoms with Crippen LogP contribution in [0.1, 0.15) is 26.7 Å². The summed E-state index contributed by atoms with van der Waals surface area (Å²) in [6.45, 7) is 4.75. The third-order valence-electron chi connectivity index (χ3n) is 1.66. The molecule has 1 saturated heterocycles. The van der Waals surface area contributed by atoms with Crippen LogP contribution in [0.25, 0.3) is 0 Å². The van der Waals surface area contributed by atoms with Gasteiger partial charge in [0.05, 0.1) is 17.9 Å². The van der Waals surface area contributed by atoms with Gasteiger partial charge in [-0.25, -0.2) is 0 Å². The Morgan fingerprint density at radius 1 is 1.64 bits per heavy atom. The first-order valence-electron chi connectivity index (χ1n) is 4.09. The molecule has 66 valence electrons. The molecule has 0 saturated carbocycles. The molecule has 0 amide bonds. The van der Waals surface area contributed by atoms with Crippen LogP contribution in [0.5, 0.6) is 0 Å². The highest BCUT2D eigenvalue weighted by molar-refractivity contribution is 4.74. The minimum atomic E-state index is -0.0116. The van der Waals surface area contributed by atoms with Gasteiger partial charge in [0, 0.05) is 6.54 Å². The van der Waals surface area contributed by atoms with E-state index in [4.69, 9.17) is 5.11 Å². The number of hydrogen-bond donors (Lipinski definition) is 1. The highest BCUT2D eigenvalue weighted by Gasteiger charge is 2.22. The van der Waals surface area contributed by atoms with Crippen molar-refractivity contribution in [2.24, 2.45) is 5.29 Å². The number of aliphatic hydroxyl groups excluding tert-OH is 1. The largest absolute Gasteiger partial charge is 0.394 e. The lowest BCUT2D eigenvalue weighted by Crippen LogP contribution is -2.26. The van der Waals surface area contributed by atoms with E-state index in [-0.39, 0.29) is 12.6 Å².